The van der Waals surface area contributed by atoms with Crippen LogP contribution in [0.25, 0.3) is 10.8 Å². The van der Waals surface area contributed by atoms with Crippen LogP contribution in [0.2, 0.25) is 0 Å². The molecule has 1 unspecified atom stereocenters. The highest BCUT2D eigenvalue weighted by Crippen LogP contribution is 2.33. The second-order valence-corrected chi connectivity index (χ2v) is 6.58. The molecule has 0 saturated carbocycles. The van der Waals surface area contributed by atoms with Crippen LogP contribution in [-0.2, 0) is 5.41 Å². The molecular weight excluding hydrogens is 274 g/mol. The third-order valence-electron chi connectivity index (χ3n) is 2.90. The zero-order chi connectivity index (χ0) is 14.8. The molecule has 6 nitrogen and oxygen atoms in total. The van der Waals surface area contributed by atoms with Gasteiger partial charge in [-0.3, -0.25) is 0 Å². The fourth-order valence-corrected chi connectivity index (χ4v) is 2.57. The molecule has 0 fully saturated rings. The standard InChI is InChI=1S/C13H21N5OS/c1-6-7-14-8(2)11-16-17-12(19-11)9-10(13(3,4)5)15-18-20-9/h8,14H,6-7H2,1-5H3. The van der Waals surface area contributed by atoms with Crippen molar-refractivity contribution in [3.05, 3.63) is 11.6 Å². The lowest BCUT2D eigenvalue weighted by Gasteiger charge is -2.15. The van der Waals surface area contributed by atoms with Crippen molar-refractivity contribution < 1.29 is 4.42 Å². The number of nitrogens with one attached hydrogen (secondary N) is 1. The lowest BCUT2D eigenvalue weighted by atomic mass is 9.91. The maximum atomic E-state index is 5.77. The zero-order valence-electron chi connectivity index (χ0n) is 12.6. The van der Waals surface area contributed by atoms with Crippen molar-refractivity contribution >= 4 is 11.5 Å². The first-order chi connectivity index (χ1) is 9.43. The first-order valence-corrected chi connectivity index (χ1v) is 7.60. The summed E-state index contributed by atoms with van der Waals surface area (Å²) in [7, 11) is 0. The summed E-state index contributed by atoms with van der Waals surface area (Å²) in [5.74, 6) is 1.10. The Labute approximate surface area is 123 Å². The van der Waals surface area contributed by atoms with Crippen molar-refractivity contribution in [1.29, 1.82) is 0 Å². The van der Waals surface area contributed by atoms with Gasteiger partial charge >= 0.3 is 0 Å². The summed E-state index contributed by atoms with van der Waals surface area (Å²) >= 11 is 1.29. The van der Waals surface area contributed by atoms with E-state index in [-0.39, 0.29) is 11.5 Å². The van der Waals surface area contributed by atoms with Crippen LogP contribution in [0.15, 0.2) is 4.42 Å². The van der Waals surface area contributed by atoms with Crippen molar-refractivity contribution in [3.63, 3.8) is 0 Å². The second kappa shape index (κ2) is 5.97. The molecule has 0 aliphatic rings. The Morgan fingerprint density at radius 2 is 2.00 bits per heavy atom. The molecule has 0 spiro atoms. The van der Waals surface area contributed by atoms with E-state index in [9.17, 15) is 0 Å². The highest BCUT2D eigenvalue weighted by molar-refractivity contribution is 7.09. The fourth-order valence-electron chi connectivity index (χ4n) is 1.77. The van der Waals surface area contributed by atoms with E-state index in [1.54, 1.807) is 0 Å². The predicted molar refractivity (Wildman–Crippen MR) is 78.6 cm³/mol. The molecule has 2 aromatic rings. The summed E-state index contributed by atoms with van der Waals surface area (Å²) in [6.45, 7) is 11.3. The molecule has 2 rings (SSSR count). The number of aromatic nitrogens is 4. The maximum absolute atomic E-state index is 5.77. The van der Waals surface area contributed by atoms with Crippen molar-refractivity contribution in [2.45, 2.75) is 52.5 Å². The summed E-state index contributed by atoms with van der Waals surface area (Å²) in [5, 5.41) is 15.8. The normalized spacial score (nSPS) is 13.7. The van der Waals surface area contributed by atoms with Gasteiger partial charge in [0.05, 0.1) is 11.7 Å². The molecule has 0 bridgehead atoms. The van der Waals surface area contributed by atoms with Crippen LogP contribution >= 0.6 is 11.5 Å². The quantitative estimate of drug-likeness (QED) is 0.914. The molecule has 1 N–H and O–H groups in total. The van der Waals surface area contributed by atoms with Gasteiger partial charge in [-0.25, -0.2) is 0 Å². The van der Waals surface area contributed by atoms with Crippen LogP contribution in [0.4, 0.5) is 0 Å². The third-order valence-corrected chi connectivity index (χ3v) is 3.62. The SMILES string of the molecule is CCCNC(C)c1nnc(-c2snnc2C(C)(C)C)o1. The van der Waals surface area contributed by atoms with Crippen LogP contribution in [0.3, 0.4) is 0 Å². The summed E-state index contributed by atoms with van der Waals surface area (Å²) in [6.07, 6.45) is 1.07. The Morgan fingerprint density at radius 1 is 1.25 bits per heavy atom. The Kier molecular flexibility index (Phi) is 4.49. The molecule has 7 heteroatoms. The van der Waals surface area contributed by atoms with Gasteiger partial charge < -0.3 is 9.73 Å². The minimum absolute atomic E-state index is 0.0511. The van der Waals surface area contributed by atoms with E-state index in [0.29, 0.717) is 11.8 Å². The summed E-state index contributed by atoms with van der Waals surface area (Å²) in [4.78, 5) is 0.860. The van der Waals surface area contributed by atoms with Gasteiger partial charge in [-0.1, -0.05) is 32.2 Å². The molecule has 110 valence electrons. The average molecular weight is 295 g/mol. The number of hydrogen-bond donors (Lipinski definition) is 1. The van der Waals surface area contributed by atoms with Gasteiger partial charge in [0.1, 0.15) is 4.88 Å². The average Bonchev–Trinajstić information content (AvgIpc) is 3.02. The fraction of sp³-hybridized carbons (Fsp3) is 0.692. The molecule has 0 aliphatic carbocycles. The van der Waals surface area contributed by atoms with Gasteiger partial charge in [0.2, 0.25) is 5.89 Å². The van der Waals surface area contributed by atoms with E-state index < -0.39 is 0 Å². The van der Waals surface area contributed by atoms with Crippen LogP contribution in [0, 0.1) is 0 Å². The van der Waals surface area contributed by atoms with Crippen LogP contribution in [0.1, 0.15) is 58.7 Å². The van der Waals surface area contributed by atoms with Gasteiger partial charge in [0.25, 0.3) is 5.89 Å². The molecule has 0 aliphatic heterocycles. The van der Waals surface area contributed by atoms with E-state index in [1.807, 2.05) is 6.92 Å². The zero-order valence-corrected chi connectivity index (χ0v) is 13.4. The first kappa shape index (κ1) is 15.1. The molecule has 0 amide bonds. The van der Waals surface area contributed by atoms with Crippen molar-refractivity contribution in [2.75, 3.05) is 6.54 Å². The number of rotatable bonds is 5. The highest BCUT2D eigenvalue weighted by Gasteiger charge is 2.26. The molecule has 20 heavy (non-hydrogen) atoms. The minimum Gasteiger partial charge on any atom is -0.418 e. The predicted octanol–water partition coefficient (Wildman–Crippen LogP) is 2.95. The van der Waals surface area contributed by atoms with Crippen molar-refractivity contribution in [1.82, 2.24) is 25.1 Å². The van der Waals surface area contributed by atoms with Crippen molar-refractivity contribution in [3.8, 4) is 10.8 Å². The first-order valence-electron chi connectivity index (χ1n) is 6.83. The lowest BCUT2D eigenvalue weighted by molar-refractivity contribution is 0.422. The third kappa shape index (κ3) is 3.21. The van der Waals surface area contributed by atoms with Gasteiger partial charge in [-0.05, 0) is 31.4 Å². The Morgan fingerprint density at radius 3 is 2.65 bits per heavy atom. The minimum atomic E-state index is -0.0942. The van der Waals surface area contributed by atoms with Crippen molar-refractivity contribution in [2.24, 2.45) is 0 Å². The van der Waals surface area contributed by atoms with Gasteiger partial charge in [0, 0.05) is 5.41 Å². The Bertz CT molecular complexity index is 557. The second-order valence-electron chi connectivity index (χ2n) is 5.82. The van der Waals surface area contributed by atoms with Crippen LogP contribution in [-0.4, -0.2) is 26.3 Å². The van der Waals surface area contributed by atoms with E-state index in [0.717, 1.165) is 23.5 Å². The van der Waals surface area contributed by atoms with Crippen LogP contribution in [0.5, 0.6) is 0 Å². The molecule has 2 heterocycles. The van der Waals surface area contributed by atoms with Gasteiger partial charge in [-0.15, -0.1) is 15.3 Å². The summed E-state index contributed by atoms with van der Waals surface area (Å²) < 4.78 is 9.79. The molecule has 0 aromatic carbocycles. The number of hydrogen-bond acceptors (Lipinski definition) is 7. The monoisotopic (exact) mass is 295 g/mol. The summed E-state index contributed by atoms with van der Waals surface area (Å²) in [6, 6.07) is 0.0511. The highest BCUT2D eigenvalue weighted by atomic mass is 32.1. The molecular formula is C13H21N5OS. The largest absolute Gasteiger partial charge is 0.418 e. The molecule has 0 radical (unpaired) electrons. The van der Waals surface area contributed by atoms with E-state index in [1.165, 1.54) is 11.5 Å². The summed E-state index contributed by atoms with van der Waals surface area (Å²) in [5.41, 5.74) is 0.801. The Balaban J connectivity index is 2.23. The van der Waals surface area contributed by atoms with Gasteiger partial charge in [0.15, 0.2) is 0 Å². The van der Waals surface area contributed by atoms with E-state index in [4.69, 9.17) is 4.42 Å². The molecule has 0 saturated heterocycles. The van der Waals surface area contributed by atoms with E-state index in [2.05, 4.69) is 52.8 Å². The lowest BCUT2D eigenvalue weighted by Crippen LogP contribution is -2.19. The maximum Gasteiger partial charge on any atom is 0.261 e. The Hall–Kier alpha value is -1.34. The molecule has 1 atom stereocenters. The topological polar surface area (TPSA) is 76.7 Å². The smallest absolute Gasteiger partial charge is 0.261 e. The van der Waals surface area contributed by atoms with E-state index >= 15 is 0 Å². The van der Waals surface area contributed by atoms with Crippen LogP contribution < -0.4 is 5.32 Å². The van der Waals surface area contributed by atoms with Gasteiger partial charge in [-0.2, -0.15) is 0 Å². The number of nitrogens with zero attached hydrogens (tertiary/aromatic N) is 4. The molecule has 2 aromatic heterocycles.